The summed E-state index contributed by atoms with van der Waals surface area (Å²) in [6.45, 7) is 5.39. The second-order valence-electron chi connectivity index (χ2n) is 7.59. The quantitative estimate of drug-likeness (QED) is 0.567. The van der Waals surface area contributed by atoms with Gasteiger partial charge in [0.15, 0.2) is 0 Å². The van der Waals surface area contributed by atoms with Gasteiger partial charge in [-0.2, -0.15) is 0 Å². The standard InChI is InChI=1S/C21H30FN3O4S/c1-3-30(26,27)21-23-13-19(25(21)10-11-28-2)15-24-9-5-6-17(14-24)16-29-20-8-4-7-18(22)12-20/h4,7-8,12-13,17H,3,5-6,9-11,14-16H2,1-2H3/t17-/m1/s1. The van der Waals surface area contributed by atoms with Gasteiger partial charge in [0.2, 0.25) is 15.0 Å². The molecule has 2 heterocycles. The van der Waals surface area contributed by atoms with E-state index in [1.54, 1.807) is 36.9 Å². The fraction of sp³-hybridized carbons (Fsp3) is 0.571. The summed E-state index contributed by atoms with van der Waals surface area (Å²) in [7, 11) is -1.81. The molecular formula is C21H30FN3O4S. The summed E-state index contributed by atoms with van der Waals surface area (Å²) in [6.07, 6.45) is 3.73. The minimum atomic E-state index is -3.41. The number of rotatable bonds is 10. The lowest BCUT2D eigenvalue weighted by molar-refractivity contribution is 0.121. The maximum Gasteiger partial charge on any atom is 0.227 e. The molecular weight excluding hydrogens is 409 g/mol. The number of sulfone groups is 1. The average Bonchev–Trinajstić information content (AvgIpc) is 3.14. The summed E-state index contributed by atoms with van der Waals surface area (Å²) in [4.78, 5) is 6.51. The van der Waals surface area contributed by atoms with E-state index in [1.807, 2.05) is 0 Å². The highest BCUT2D eigenvalue weighted by atomic mass is 32.2. The molecule has 1 aliphatic heterocycles. The van der Waals surface area contributed by atoms with Gasteiger partial charge < -0.3 is 14.0 Å². The van der Waals surface area contributed by atoms with Crippen LogP contribution < -0.4 is 4.74 Å². The molecule has 166 valence electrons. The monoisotopic (exact) mass is 439 g/mol. The van der Waals surface area contributed by atoms with Gasteiger partial charge in [-0.25, -0.2) is 17.8 Å². The molecule has 1 aliphatic rings. The Balaban J connectivity index is 1.65. The Bertz CT molecular complexity index is 932. The molecule has 0 unspecified atom stereocenters. The molecule has 3 rings (SSSR count). The summed E-state index contributed by atoms with van der Waals surface area (Å²) < 4.78 is 50.8. The van der Waals surface area contributed by atoms with Crippen LogP contribution in [0.3, 0.4) is 0 Å². The molecule has 0 bridgehead atoms. The van der Waals surface area contributed by atoms with Crippen molar-refractivity contribution in [2.45, 2.75) is 38.0 Å². The molecule has 9 heteroatoms. The smallest absolute Gasteiger partial charge is 0.227 e. The predicted molar refractivity (Wildman–Crippen MR) is 112 cm³/mol. The highest BCUT2D eigenvalue weighted by Gasteiger charge is 2.25. The molecule has 30 heavy (non-hydrogen) atoms. The van der Waals surface area contributed by atoms with Gasteiger partial charge in [-0.05, 0) is 31.5 Å². The second-order valence-corrected chi connectivity index (χ2v) is 9.76. The van der Waals surface area contributed by atoms with E-state index in [2.05, 4.69) is 9.88 Å². The number of piperidine rings is 1. The molecule has 2 aromatic rings. The van der Waals surface area contributed by atoms with Crippen LogP contribution in [-0.4, -0.2) is 62.0 Å². The molecule has 1 fully saturated rings. The Kier molecular flexibility index (Phi) is 7.85. The van der Waals surface area contributed by atoms with Crippen molar-refractivity contribution < 1.29 is 22.3 Å². The van der Waals surface area contributed by atoms with Crippen LogP contribution in [0.5, 0.6) is 5.75 Å². The van der Waals surface area contributed by atoms with Crippen molar-refractivity contribution >= 4 is 9.84 Å². The first-order chi connectivity index (χ1) is 14.4. The van der Waals surface area contributed by atoms with Crippen molar-refractivity contribution in [3.63, 3.8) is 0 Å². The van der Waals surface area contributed by atoms with Gasteiger partial charge in [-0.15, -0.1) is 0 Å². The Morgan fingerprint density at radius 2 is 2.17 bits per heavy atom. The van der Waals surface area contributed by atoms with Crippen LogP contribution >= 0.6 is 0 Å². The molecule has 1 aromatic heterocycles. The highest BCUT2D eigenvalue weighted by molar-refractivity contribution is 7.91. The minimum Gasteiger partial charge on any atom is -0.493 e. The number of likely N-dealkylation sites (tertiary alicyclic amines) is 1. The Hall–Kier alpha value is -1.97. The number of ether oxygens (including phenoxy) is 2. The van der Waals surface area contributed by atoms with E-state index in [0.717, 1.165) is 31.6 Å². The van der Waals surface area contributed by atoms with Gasteiger partial charge in [0.1, 0.15) is 11.6 Å². The lowest BCUT2D eigenvalue weighted by Crippen LogP contribution is -2.37. The zero-order chi connectivity index (χ0) is 21.6. The topological polar surface area (TPSA) is 73.7 Å². The summed E-state index contributed by atoms with van der Waals surface area (Å²) in [5.41, 5.74) is 0.866. The number of halogens is 1. The van der Waals surface area contributed by atoms with Gasteiger partial charge >= 0.3 is 0 Å². The fourth-order valence-corrected chi connectivity index (χ4v) is 4.76. The second kappa shape index (κ2) is 10.4. The maximum absolute atomic E-state index is 13.3. The minimum absolute atomic E-state index is 0.0135. The first-order valence-electron chi connectivity index (χ1n) is 10.3. The Morgan fingerprint density at radius 3 is 2.90 bits per heavy atom. The number of aromatic nitrogens is 2. The fourth-order valence-electron chi connectivity index (χ4n) is 3.75. The highest BCUT2D eigenvalue weighted by Crippen LogP contribution is 2.22. The summed E-state index contributed by atoms with van der Waals surface area (Å²) in [6, 6.07) is 6.19. The van der Waals surface area contributed by atoms with Crippen LogP contribution in [0.4, 0.5) is 4.39 Å². The lowest BCUT2D eigenvalue weighted by Gasteiger charge is -2.32. The van der Waals surface area contributed by atoms with E-state index in [4.69, 9.17) is 9.47 Å². The summed E-state index contributed by atoms with van der Waals surface area (Å²) in [5, 5.41) is 0.111. The van der Waals surface area contributed by atoms with Gasteiger partial charge in [0.05, 0.1) is 30.9 Å². The van der Waals surface area contributed by atoms with Crippen LogP contribution in [0.2, 0.25) is 0 Å². The van der Waals surface area contributed by atoms with Gasteiger partial charge in [-0.3, -0.25) is 4.90 Å². The van der Waals surface area contributed by atoms with E-state index >= 15 is 0 Å². The number of nitrogens with zero attached hydrogens (tertiary/aromatic N) is 3. The van der Waals surface area contributed by atoms with E-state index < -0.39 is 9.84 Å². The van der Waals surface area contributed by atoms with Gasteiger partial charge in [-0.1, -0.05) is 13.0 Å². The summed E-state index contributed by atoms with van der Waals surface area (Å²) in [5.74, 6) is 0.579. The molecule has 0 radical (unpaired) electrons. The third-order valence-electron chi connectivity index (χ3n) is 5.35. The molecule has 0 aliphatic carbocycles. The molecule has 7 nitrogen and oxygen atoms in total. The molecule has 1 aromatic carbocycles. The van der Waals surface area contributed by atoms with Crippen LogP contribution in [0, 0.1) is 11.7 Å². The van der Waals surface area contributed by atoms with Crippen molar-refractivity contribution in [3.8, 4) is 5.75 Å². The number of hydrogen-bond acceptors (Lipinski definition) is 6. The first-order valence-corrected chi connectivity index (χ1v) is 11.9. The van der Waals surface area contributed by atoms with Crippen LogP contribution in [-0.2, 0) is 27.7 Å². The van der Waals surface area contributed by atoms with Gasteiger partial charge in [0, 0.05) is 38.7 Å². The number of methoxy groups -OCH3 is 1. The molecule has 0 N–H and O–H groups in total. The van der Waals surface area contributed by atoms with E-state index in [9.17, 15) is 12.8 Å². The van der Waals surface area contributed by atoms with E-state index in [0.29, 0.717) is 38.0 Å². The molecule has 1 atom stereocenters. The first kappa shape index (κ1) is 22.7. The van der Waals surface area contributed by atoms with Crippen molar-refractivity contribution in [1.29, 1.82) is 0 Å². The van der Waals surface area contributed by atoms with Crippen LogP contribution in [0.25, 0.3) is 0 Å². The molecule has 1 saturated heterocycles. The normalized spacial score (nSPS) is 17.9. The largest absolute Gasteiger partial charge is 0.493 e. The predicted octanol–water partition coefficient (Wildman–Crippen LogP) is 2.75. The van der Waals surface area contributed by atoms with Crippen molar-refractivity contribution in [3.05, 3.63) is 42.0 Å². The number of hydrogen-bond donors (Lipinski definition) is 0. The van der Waals surface area contributed by atoms with E-state index in [1.165, 1.54) is 12.1 Å². The molecule has 0 spiro atoms. The maximum atomic E-state index is 13.3. The van der Waals surface area contributed by atoms with Crippen molar-refractivity contribution in [2.24, 2.45) is 5.92 Å². The number of benzene rings is 1. The van der Waals surface area contributed by atoms with E-state index in [-0.39, 0.29) is 16.7 Å². The Morgan fingerprint density at radius 1 is 1.33 bits per heavy atom. The Labute approximate surface area is 177 Å². The molecule has 0 amide bonds. The van der Waals surface area contributed by atoms with Crippen molar-refractivity contribution in [1.82, 2.24) is 14.5 Å². The molecule has 0 saturated carbocycles. The van der Waals surface area contributed by atoms with Crippen LogP contribution in [0.15, 0.2) is 35.6 Å². The zero-order valence-corrected chi connectivity index (χ0v) is 18.4. The third-order valence-corrected chi connectivity index (χ3v) is 6.99. The van der Waals surface area contributed by atoms with Crippen LogP contribution in [0.1, 0.15) is 25.5 Å². The number of imidazole rings is 1. The van der Waals surface area contributed by atoms with Gasteiger partial charge in [0.25, 0.3) is 0 Å². The lowest BCUT2D eigenvalue weighted by atomic mass is 9.99. The average molecular weight is 440 g/mol. The zero-order valence-electron chi connectivity index (χ0n) is 17.6. The summed E-state index contributed by atoms with van der Waals surface area (Å²) >= 11 is 0. The van der Waals surface area contributed by atoms with Crippen molar-refractivity contribution in [2.75, 3.05) is 39.2 Å². The SMILES string of the molecule is CCS(=O)(=O)c1ncc(CN2CCC[C@@H](COc3cccc(F)c3)C2)n1CCOC. The third kappa shape index (κ3) is 5.80.